The van der Waals surface area contributed by atoms with Crippen molar-refractivity contribution in [3.63, 3.8) is 0 Å². The molecule has 0 bridgehead atoms. The van der Waals surface area contributed by atoms with Gasteiger partial charge in [-0.15, -0.1) is 0 Å². The van der Waals surface area contributed by atoms with Gasteiger partial charge < -0.3 is 25.4 Å². The van der Waals surface area contributed by atoms with E-state index in [9.17, 15) is 35.0 Å². The number of benzene rings is 3. The first-order chi connectivity index (χ1) is 20.2. The van der Waals surface area contributed by atoms with E-state index in [4.69, 9.17) is 0 Å². The van der Waals surface area contributed by atoms with E-state index < -0.39 is 49.4 Å². The summed E-state index contributed by atoms with van der Waals surface area (Å²) in [7, 11) is -1.75. The van der Waals surface area contributed by atoms with Crippen LogP contribution in [0.15, 0.2) is 90.0 Å². The highest BCUT2D eigenvalue weighted by molar-refractivity contribution is 6.58. The SMILES string of the molecule is CC1=C([C@H](O)CC/C(=C/c2ccc(O)cc2)c2ccccc2)[C@H](CO)[C@@H]2C(=O)N(c3cccc(B(O)O)c3)C(=O)[C@@H]2C1. The van der Waals surface area contributed by atoms with Gasteiger partial charge in [0.15, 0.2) is 0 Å². The number of aliphatic hydroxyl groups excluding tert-OH is 2. The average molecular weight is 567 g/mol. The Morgan fingerprint density at radius 3 is 2.38 bits per heavy atom. The summed E-state index contributed by atoms with van der Waals surface area (Å²) >= 11 is 0. The topological polar surface area (TPSA) is 139 Å². The molecule has 1 aliphatic heterocycles. The normalized spacial score (nSPS) is 21.5. The van der Waals surface area contributed by atoms with Crippen LogP contribution in [0, 0.1) is 17.8 Å². The highest BCUT2D eigenvalue weighted by atomic mass is 16.4. The van der Waals surface area contributed by atoms with Crippen LogP contribution in [0.2, 0.25) is 0 Å². The molecule has 3 aromatic carbocycles. The Kier molecular flexibility index (Phi) is 8.75. The van der Waals surface area contributed by atoms with Crippen molar-refractivity contribution in [3.05, 3.63) is 101 Å². The molecule has 0 radical (unpaired) electrons. The number of imide groups is 1. The summed E-state index contributed by atoms with van der Waals surface area (Å²) in [6, 6.07) is 22.7. The number of rotatable bonds is 9. The quantitative estimate of drug-likeness (QED) is 0.116. The Morgan fingerprint density at radius 1 is 1.00 bits per heavy atom. The fourth-order valence-electron chi connectivity index (χ4n) is 6.37. The molecule has 1 aliphatic carbocycles. The number of amides is 2. The molecule has 4 atom stereocenters. The third kappa shape index (κ3) is 5.82. The Morgan fingerprint density at radius 2 is 1.71 bits per heavy atom. The molecule has 1 saturated heterocycles. The van der Waals surface area contributed by atoms with E-state index in [1.54, 1.807) is 24.3 Å². The molecule has 2 amide bonds. The number of anilines is 1. The zero-order valence-corrected chi connectivity index (χ0v) is 23.3. The second-order valence-corrected chi connectivity index (χ2v) is 11.0. The fraction of sp³-hybridized carbons (Fsp3) is 0.273. The van der Waals surface area contributed by atoms with Crippen molar-refractivity contribution in [3.8, 4) is 5.75 Å². The van der Waals surface area contributed by atoms with E-state index in [0.717, 1.165) is 27.2 Å². The van der Waals surface area contributed by atoms with Crippen LogP contribution in [0.25, 0.3) is 11.6 Å². The molecule has 5 rings (SSSR count). The Labute approximate surface area is 245 Å². The fourth-order valence-corrected chi connectivity index (χ4v) is 6.37. The van der Waals surface area contributed by atoms with Gasteiger partial charge in [0.2, 0.25) is 11.8 Å². The van der Waals surface area contributed by atoms with Crippen LogP contribution in [-0.4, -0.2) is 57.0 Å². The minimum atomic E-state index is -1.75. The summed E-state index contributed by atoms with van der Waals surface area (Å²) in [4.78, 5) is 28.2. The van der Waals surface area contributed by atoms with E-state index in [1.807, 2.05) is 55.5 Å². The number of hydrogen-bond donors (Lipinski definition) is 5. The Bertz CT molecular complexity index is 1520. The van der Waals surface area contributed by atoms with Crippen LogP contribution in [-0.2, 0) is 9.59 Å². The van der Waals surface area contributed by atoms with Crippen molar-refractivity contribution >= 4 is 41.7 Å². The zero-order valence-electron chi connectivity index (χ0n) is 23.3. The monoisotopic (exact) mass is 567 g/mol. The van der Waals surface area contributed by atoms with Crippen LogP contribution < -0.4 is 10.4 Å². The lowest BCUT2D eigenvalue weighted by Gasteiger charge is -2.35. The van der Waals surface area contributed by atoms with Crippen molar-refractivity contribution in [1.82, 2.24) is 0 Å². The molecule has 216 valence electrons. The lowest BCUT2D eigenvalue weighted by Crippen LogP contribution is -2.39. The molecule has 1 fully saturated rings. The maximum Gasteiger partial charge on any atom is 0.488 e. The molecule has 2 aliphatic rings. The number of allylic oxidation sites excluding steroid dienone is 2. The van der Waals surface area contributed by atoms with Crippen molar-refractivity contribution in [2.45, 2.75) is 32.3 Å². The molecule has 0 saturated carbocycles. The van der Waals surface area contributed by atoms with Crippen LogP contribution in [0.1, 0.15) is 37.3 Å². The van der Waals surface area contributed by atoms with Gasteiger partial charge in [-0.2, -0.15) is 0 Å². The zero-order chi connectivity index (χ0) is 30.0. The first-order valence-electron chi connectivity index (χ1n) is 14.1. The summed E-state index contributed by atoms with van der Waals surface area (Å²) in [5.74, 6) is -2.93. The van der Waals surface area contributed by atoms with Crippen molar-refractivity contribution < 1.29 is 35.0 Å². The van der Waals surface area contributed by atoms with E-state index in [2.05, 4.69) is 0 Å². The van der Waals surface area contributed by atoms with Crippen LogP contribution in [0.4, 0.5) is 5.69 Å². The van der Waals surface area contributed by atoms with Crippen molar-refractivity contribution in [2.24, 2.45) is 17.8 Å². The van der Waals surface area contributed by atoms with Gasteiger partial charge in [0.25, 0.3) is 0 Å². The summed E-state index contributed by atoms with van der Waals surface area (Å²) in [6.45, 7) is 1.44. The second kappa shape index (κ2) is 12.5. The molecule has 9 heteroatoms. The smallest absolute Gasteiger partial charge is 0.488 e. The van der Waals surface area contributed by atoms with Gasteiger partial charge in [0.1, 0.15) is 5.75 Å². The van der Waals surface area contributed by atoms with Crippen LogP contribution in [0.3, 0.4) is 0 Å². The standard InChI is InChI=1S/C33H34BNO7/c1-20-16-27-31(33(40)35(32(27)39)25-9-5-8-24(18-25)34(41)42)28(19-36)30(20)29(38)15-12-23(22-6-3-2-4-7-22)17-21-10-13-26(37)14-11-21/h2-11,13-14,17-18,27-29,31,36-38,41-42H,12,15-16,19H2,1H3/b23-17-/t27-,28+,29-,31-/m1/s1. The van der Waals surface area contributed by atoms with E-state index in [-0.39, 0.29) is 23.3 Å². The first kappa shape index (κ1) is 29.5. The molecule has 1 heterocycles. The highest BCUT2D eigenvalue weighted by Crippen LogP contribution is 2.47. The average Bonchev–Trinajstić information content (AvgIpc) is 3.24. The van der Waals surface area contributed by atoms with Gasteiger partial charge in [-0.25, -0.2) is 0 Å². The minimum Gasteiger partial charge on any atom is -0.508 e. The molecular weight excluding hydrogens is 533 g/mol. The largest absolute Gasteiger partial charge is 0.508 e. The number of hydrogen-bond acceptors (Lipinski definition) is 7. The van der Waals surface area contributed by atoms with Crippen LogP contribution in [0.5, 0.6) is 5.75 Å². The van der Waals surface area contributed by atoms with E-state index >= 15 is 0 Å². The van der Waals surface area contributed by atoms with E-state index in [0.29, 0.717) is 18.4 Å². The number of carbonyl (C=O) groups excluding carboxylic acids is 2. The number of phenolic OH excluding ortho intramolecular Hbond substituents is 1. The van der Waals surface area contributed by atoms with Gasteiger partial charge in [-0.3, -0.25) is 14.5 Å². The summed E-state index contributed by atoms with van der Waals surface area (Å²) in [5, 5.41) is 50.8. The molecule has 8 nitrogen and oxygen atoms in total. The summed E-state index contributed by atoms with van der Waals surface area (Å²) < 4.78 is 0. The number of phenols is 1. The predicted octanol–water partition coefficient (Wildman–Crippen LogP) is 2.89. The molecule has 3 aromatic rings. The molecule has 5 N–H and O–H groups in total. The number of aliphatic hydroxyl groups is 2. The van der Waals surface area contributed by atoms with Gasteiger partial charge in [-0.1, -0.05) is 66.2 Å². The predicted molar refractivity (Wildman–Crippen MR) is 161 cm³/mol. The number of nitrogens with zero attached hydrogens (tertiary/aromatic N) is 1. The minimum absolute atomic E-state index is 0.154. The number of carbonyl (C=O) groups is 2. The van der Waals surface area contributed by atoms with Crippen molar-refractivity contribution in [1.29, 1.82) is 0 Å². The van der Waals surface area contributed by atoms with Crippen LogP contribution >= 0.6 is 0 Å². The third-order valence-corrected chi connectivity index (χ3v) is 8.38. The molecule has 0 aromatic heterocycles. The van der Waals surface area contributed by atoms with Gasteiger partial charge in [-0.05, 0) is 78.2 Å². The Balaban J connectivity index is 1.40. The lowest BCUT2D eigenvalue weighted by molar-refractivity contribution is -0.123. The van der Waals surface area contributed by atoms with E-state index in [1.165, 1.54) is 12.1 Å². The maximum absolute atomic E-state index is 13.7. The van der Waals surface area contributed by atoms with Crippen molar-refractivity contribution in [2.75, 3.05) is 11.5 Å². The van der Waals surface area contributed by atoms with Gasteiger partial charge in [0.05, 0.1) is 30.2 Å². The molecular formula is C33H34BNO7. The summed E-state index contributed by atoms with van der Waals surface area (Å²) in [5.41, 5.74) is 4.66. The number of fused-ring (bicyclic) bond motifs is 1. The third-order valence-electron chi connectivity index (χ3n) is 8.38. The maximum atomic E-state index is 13.7. The molecule has 42 heavy (non-hydrogen) atoms. The Hall–Kier alpha value is -4.02. The molecule has 0 unspecified atom stereocenters. The first-order valence-corrected chi connectivity index (χ1v) is 14.1. The van der Waals surface area contributed by atoms with Gasteiger partial charge >= 0.3 is 7.12 Å². The molecule has 0 spiro atoms. The number of aromatic hydroxyl groups is 1. The highest BCUT2D eigenvalue weighted by Gasteiger charge is 2.54. The lowest BCUT2D eigenvalue weighted by atomic mass is 9.68. The summed E-state index contributed by atoms with van der Waals surface area (Å²) in [6.07, 6.45) is 2.19. The van der Waals surface area contributed by atoms with Gasteiger partial charge in [0, 0.05) is 5.92 Å². The second-order valence-electron chi connectivity index (χ2n) is 11.0.